The Kier molecular flexibility index (Phi) is 4.66. The Morgan fingerprint density at radius 1 is 1.38 bits per heavy atom. The number of methoxy groups -OCH3 is 2. The zero-order chi connectivity index (χ0) is 17.3. The van der Waals surface area contributed by atoms with E-state index in [1.54, 1.807) is 12.1 Å². The summed E-state index contributed by atoms with van der Waals surface area (Å²) in [6, 6.07) is 3.29. The monoisotopic (exact) mass is 349 g/mol. The second kappa shape index (κ2) is 6.73. The van der Waals surface area contributed by atoms with Gasteiger partial charge >= 0.3 is 0 Å². The standard InChI is InChI=1S/C17H20ClN3O3/c1-10-8-21-9-12(4-5-15(21)19-10)20-17(22)11-6-13(18)16(24-3)14(7-11)23-2/h6-8,12H,4-5,9H2,1-3H3,(H,20,22)/t12-/m0/s1. The quantitative estimate of drug-likeness (QED) is 0.921. The van der Waals surface area contributed by atoms with Crippen molar-refractivity contribution in [2.24, 2.45) is 0 Å². The molecular weight excluding hydrogens is 330 g/mol. The first-order valence-corrected chi connectivity index (χ1v) is 8.14. The Balaban J connectivity index is 1.75. The molecule has 128 valence electrons. The highest BCUT2D eigenvalue weighted by atomic mass is 35.5. The minimum absolute atomic E-state index is 0.0606. The summed E-state index contributed by atoms with van der Waals surface area (Å²) >= 11 is 6.17. The van der Waals surface area contributed by atoms with Gasteiger partial charge in [0.2, 0.25) is 0 Å². The summed E-state index contributed by atoms with van der Waals surface area (Å²) in [6.45, 7) is 2.70. The summed E-state index contributed by atoms with van der Waals surface area (Å²) in [5, 5.41) is 3.40. The van der Waals surface area contributed by atoms with Gasteiger partial charge in [-0.05, 0) is 25.5 Å². The number of benzene rings is 1. The first kappa shape index (κ1) is 16.6. The molecule has 0 saturated heterocycles. The lowest BCUT2D eigenvalue weighted by atomic mass is 10.1. The second-order valence-electron chi connectivity index (χ2n) is 5.85. The molecule has 24 heavy (non-hydrogen) atoms. The summed E-state index contributed by atoms with van der Waals surface area (Å²) in [6.07, 6.45) is 3.73. The second-order valence-corrected chi connectivity index (χ2v) is 6.26. The third-order valence-corrected chi connectivity index (χ3v) is 4.42. The number of ether oxygens (including phenoxy) is 2. The minimum Gasteiger partial charge on any atom is -0.493 e. The summed E-state index contributed by atoms with van der Waals surface area (Å²) in [4.78, 5) is 17.0. The van der Waals surface area contributed by atoms with Gasteiger partial charge in [-0.3, -0.25) is 4.79 Å². The van der Waals surface area contributed by atoms with E-state index in [2.05, 4.69) is 14.9 Å². The van der Waals surface area contributed by atoms with Crippen LogP contribution in [0, 0.1) is 6.92 Å². The maximum Gasteiger partial charge on any atom is 0.251 e. The summed E-state index contributed by atoms with van der Waals surface area (Å²) in [5.74, 6) is 1.76. The maximum absolute atomic E-state index is 12.6. The molecule has 0 saturated carbocycles. The molecule has 7 heteroatoms. The molecule has 0 aliphatic carbocycles. The Labute approximate surface area is 145 Å². The number of fused-ring (bicyclic) bond motifs is 1. The van der Waals surface area contributed by atoms with Crippen LogP contribution < -0.4 is 14.8 Å². The molecule has 2 aromatic rings. The van der Waals surface area contributed by atoms with Gasteiger partial charge in [-0.2, -0.15) is 0 Å². The van der Waals surface area contributed by atoms with E-state index in [0.29, 0.717) is 22.1 Å². The molecule has 1 N–H and O–H groups in total. The van der Waals surface area contributed by atoms with Gasteiger partial charge in [0.15, 0.2) is 11.5 Å². The fourth-order valence-corrected chi connectivity index (χ4v) is 3.31. The van der Waals surface area contributed by atoms with Crippen molar-refractivity contribution in [3.8, 4) is 11.5 Å². The van der Waals surface area contributed by atoms with Crippen molar-refractivity contribution in [3.63, 3.8) is 0 Å². The van der Waals surface area contributed by atoms with E-state index in [1.165, 1.54) is 14.2 Å². The largest absolute Gasteiger partial charge is 0.493 e. The Morgan fingerprint density at radius 2 is 2.17 bits per heavy atom. The van der Waals surface area contributed by atoms with Crippen molar-refractivity contribution in [1.82, 2.24) is 14.9 Å². The fourth-order valence-electron chi connectivity index (χ4n) is 3.02. The van der Waals surface area contributed by atoms with Crippen molar-refractivity contribution in [3.05, 3.63) is 40.4 Å². The van der Waals surface area contributed by atoms with Crippen molar-refractivity contribution in [2.45, 2.75) is 32.4 Å². The third kappa shape index (κ3) is 3.19. The van der Waals surface area contributed by atoms with Crippen molar-refractivity contribution < 1.29 is 14.3 Å². The minimum atomic E-state index is -0.178. The van der Waals surface area contributed by atoms with Crippen LogP contribution in [0.1, 0.15) is 28.3 Å². The van der Waals surface area contributed by atoms with Crippen LogP contribution in [0.4, 0.5) is 0 Å². The van der Waals surface area contributed by atoms with Gasteiger partial charge in [-0.1, -0.05) is 11.6 Å². The molecular formula is C17H20ClN3O3. The van der Waals surface area contributed by atoms with Crippen LogP contribution in [0.5, 0.6) is 11.5 Å². The van der Waals surface area contributed by atoms with Crippen LogP contribution in [0.3, 0.4) is 0 Å². The Morgan fingerprint density at radius 3 is 2.88 bits per heavy atom. The fraction of sp³-hybridized carbons (Fsp3) is 0.412. The molecule has 0 bridgehead atoms. The highest BCUT2D eigenvalue weighted by Crippen LogP contribution is 2.36. The number of nitrogens with zero attached hydrogens (tertiary/aromatic N) is 2. The number of carbonyl (C=O) groups excluding carboxylic acids is 1. The van der Waals surface area contributed by atoms with E-state index in [4.69, 9.17) is 21.1 Å². The number of hydrogen-bond donors (Lipinski definition) is 1. The number of nitrogens with one attached hydrogen (secondary N) is 1. The van der Waals surface area contributed by atoms with E-state index < -0.39 is 0 Å². The first-order valence-electron chi connectivity index (χ1n) is 7.77. The average Bonchev–Trinajstić information content (AvgIpc) is 2.93. The number of aromatic nitrogens is 2. The lowest BCUT2D eigenvalue weighted by Crippen LogP contribution is -2.40. The topological polar surface area (TPSA) is 65.4 Å². The number of amides is 1. The van der Waals surface area contributed by atoms with Crippen LogP contribution in [0.2, 0.25) is 5.02 Å². The van der Waals surface area contributed by atoms with Crippen molar-refractivity contribution >= 4 is 17.5 Å². The number of carbonyl (C=O) groups is 1. The molecule has 0 spiro atoms. The predicted molar refractivity (Wildman–Crippen MR) is 91.1 cm³/mol. The van der Waals surface area contributed by atoms with Gasteiger partial charge in [-0.25, -0.2) is 4.98 Å². The maximum atomic E-state index is 12.6. The van der Waals surface area contributed by atoms with Crippen LogP contribution >= 0.6 is 11.6 Å². The van der Waals surface area contributed by atoms with Crippen LogP contribution in [-0.4, -0.2) is 35.7 Å². The molecule has 1 aromatic carbocycles. The van der Waals surface area contributed by atoms with Crippen LogP contribution in [0.25, 0.3) is 0 Å². The van der Waals surface area contributed by atoms with Gasteiger partial charge in [-0.15, -0.1) is 0 Å². The molecule has 0 fully saturated rings. The van der Waals surface area contributed by atoms with Gasteiger partial charge in [0.1, 0.15) is 5.82 Å². The van der Waals surface area contributed by atoms with Crippen molar-refractivity contribution in [2.75, 3.05) is 14.2 Å². The summed E-state index contributed by atoms with van der Waals surface area (Å²) in [5.41, 5.74) is 1.45. The molecule has 6 nitrogen and oxygen atoms in total. The van der Waals surface area contributed by atoms with Crippen LogP contribution in [-0.2, 0) is 13.0 Å². The highest BCUT2D eigenvalue weighted by molar-refractivity contribution is 6.32. The molecule has 0 unspecified atom stereocenters. The van der Waals surface area contributed by atoms with Gasteiger partial charge < -0.3 is 19.4 Å². The third-order valence-electron chi connectivity index (χ3n) is 4.14. The Bertz CT molecular complexity index is 773. The highest BCUT2D eigenvalue weighted by Gasteiger charge is 2.23. The van der Waals surface area contributed by atoms with E-state index in [0.717, 1.165) is 30.9 Å². The number of aryl methyl sites for hydroxylation is 2. The molecule has 1 atom stereocenters. The SMILES string of the molecule is COc1cc(C(=O)N[C@H]2CCc3nc(C)cn3C2)cc(Cl)c1OC. The zero-order valence-electron chi connectivity index (χ0n) is 13.9. The molecule has 1 aromatic heterocycles. The van der Waals surface area contributed by atoms with Crippen LogP contribution in [0.15, 0.2) is 18.3 Å². The van der Waals surface area contributed by atoms with Gasteiger partial charge in [0, 0.05) is 30.8 Å². The smallest absolute Gasteiger partial charge is 0.251 e. The van der Waals surface area contributed by atoms with E-state index in [9.17, 15) is 4.79 Å². The molecule has 1 amide bonds. The van der Waals surface area contributed by atoms with E-state index >= 15 is 0 Å². The lowest BCUT2D eigenvalue weighted by molar-refractivity contribution is 0.0927. The van der Waals surface area contributed by atoms with Gasteiger partial charge in [0.25, 0.3) is 5.91 Å². The molecule has 3 rings (SSSR count). The normalized spacial score (nSPS) is 16.4. The lowest BCUT2D eigenvalue weighted by Gasteiger charge is -2.25. The number of halogens is 1. The van der Waals surface area contributed by atoms with Gasteiger partial charge in [0.05, 0.1) is 24.9 Å². The van der Waals surface area contributed by atoms with Crippen molar-refractivity contribution in [1.29, 1.82) is 0 Å². The molecule has 2 heterocycles. The molecule has 0 radical (unpaired) electrons. The van der Waals surface area contributed by atoms with E-state index in [1.807, 2.05) is 13.1 Å². The number of rotatable bonds is 4. The molecule has 1 aliphatic rings. The summed E-state index contributed by atoms with van der Waals surface area (Å²) in [7, 11) is 3.02. The Hall–Kier alpha value is -2.21. The van der Waals surface area contributed by atoms with E-state index in [-0.39, 0.29) is 11.9 Å². The molecule has 1 aliphatic heterocycles. The predicted octanol–water partition coefficient (Wildman–Crippen LogP) is 2.61. The number of imidazole rings is 1. The first-order chi connectivity index (χ1) is 11.5. The zero-order valence-corrected chi connectivity index (χ0v) is 14.7. The number of hydrogen-bond acceptors (Lipinski definition) is 4. The average molecular weight is 350 g/mol. The summed E-state index contributed by atoms with van der Waals surface area (Å²) < 4.78 is 12.5.